The predicted molar refractivity (Wildman–Crippen MR) is 116 cm³/mol. The number of carbonyl (C=O) groups is 1. The number of fused-ring (bicyclic) bond motifs is 3. The predicted octanol–water partition coefficient (Wildman–Crippen LogP) is 4.05. The molecule has 0 bridgehead atoms. The Morgan fingerprint density at radius 3 is 2.07 bits per heavy atom. The van der Waals surface area contributed by atoms with E-state index in [-0.39, 0.29) is 5.78 Å². The number of ether oxygens (including phenoxy) is 3. The van der Waals surface area contributed by atoms with E-state index in [4.69, 9.17) is 19.2 Å². The zero-order valence-corrected chi connectivity index (χ0v) is 17.8. The third kappa shape index (κ3) is 3.09. The number of nitrogens with zero attached hydrogens (tertiary/aromatic N) is 2. The second kappa shape index (κ2) is 7.80. The van der Waals surface area contributed by atoms with Gasteiger partial charge in [-0.15, -0.1) is 0 Å². The van der Waals surface area contributed by atoms with E-state index in [1.165, 1.54) is 0 Å². The molecule has 0 saturated carbocycles. The first-order valence-corrected chi connectivity index (χ1v) is 9.62. The van der Waals surface area contributed by atoms with Crippen LogP contribution in [0.25, 0.3) is 22.4 Å². The molecule has 2 aromatic carbocycles. The Hall–Kier alpha value is -3.38. The molecule has 1 heterocycles. The van der Waals surface area contributed by atoms with Gasteiger partial charge in [-0.1, -0.05) is 30.3 Å². The number of hydrogen-bond acceptors (Lipinski definition) is 6. The summed E-state index contributed by atoms with van der Waals surface area (Å²) in [6, 6.07) is 13.5. The lowest BCUT2D eigenvalue weighted by atomic mass is 9.95. The van der Waals surface area contributed by atoms with Gasteiger partial charge in [-0.3, -0.25) is 4.79 Å². The molecule has 0 aliphatic heterocycles. The first-order valence-electron chi connectivity index (χ1n) is 9.62. The third-order valence-electron chi connectivity index (χ3n) is 5.24. The highest BCUT2D eigenvalue weighted by atomic mass is 16.5. The van der Waals surface area contributed by atoms with Gasteiger partial charge in [0.25, 0.3) is 0 Å². The number of pyridine rings is 1. The van der Waals surface area contributed by atoms with Gasteiger partial charge in [0.05, 0.1) is 32.6 Å². The van der Waals surface area contributed by atoms with Crippen LogP contribution in [0.1, 0.15) is 21.5 Å². The SMILES string of the molecule is COc1cc2c(cc1OC)-c1c(CN(C)C)c(-c3ccccc3)nc(OC)c1C2=O. The molecule has 0 radical (unpaired) electrons. The Balaban J connectivity index is 2.10. The monoisotopic (exact) mass is 404 g/mol. The van der Waals surface area contributed by atoms with E-state index in [1.807, 2.05) is 50.5 Å². The van der Waals surface area contributed by atoms with Gasteiger partial charge in [0.2, 0.25) is 5.88 Å². The van der Waals surface area contributed by atoms with Crippen molar-refractivity contribution in [3.8, 4) is 39.8 Å². The standard InChI is InChI=1S/C24H24N2O4/c1-26(2)13-17-20-15-11-18(28-3)19(29-4)12-16(15)23(27)21(20)24(30-5)25-22(17)14-9-7-6-8-10-14/h6-12H,13H2,1-5H3. The number of carbonyl (C=O) groups excluding carboxylic acids is 1. The van der Waals surface area contributed by atoms with Gasteiger partial charge in [0, 0.05) is 28.8 Å². The summed E-state index contributed by atoms with van der Waals surface area (Å²) in [6.07, 6.45) is 0. The molecule has 0 unspecified atom stereocenters. The van der Waals surface area contributed by atoms with Crippen molar-refractivity contribution in [2.45, 2.75) is 6.54 Å². The van der Waals surface area contributed by atoms with E-state index in [1.54, 1.807) is 27.4 Å². The average molecular weight is 404 g/mol. The molecule has 0 atom stereocenters. The lowest BCUT2D eigenvalue weighted by Crippen LogP contribution is -2.14. The van der Waals surface area contributed by atoms with E-state index in [0.29, 0.717) is 35.1 Å². The second-order valence-electron chi connectivity index (χ2n) is 7.38. The van der Waals surface area contributed by atoms with Crippen LogP contribution in [0, 0.1) is 0 Å². The minimum absolute atomic E-state index is 0.120. The molecule has 6 heteroatoms. The minimum atomic E-state index is -0.120. The van der Waals surface area contributed by atoms with Gasteiger partial charge in [-0.05, 0) is 31.8 Å². The molecule has 154 valence electrons. The van der Waals surface area contributed by atoms with Gasteiger partial charge >= 0.3 is 0 Å². The van der Waals surface area contributed by atoms with E-state index in [9.17, 15) is 4.79 Å². The van der Waals surface area contributed by atoms with Crippen molar-refractivity contribution in [2.75, 3.05) is 35.4 Å². The van der Waals surface area contributed by atoms with Crippen molar-refractivity contribution in [3.05, 3.63) is 59.2 Å². The lowest BCUT2D eigenvalue weighted by Gasteiger charge is -2.20. The fourth-order valence-electron chi connectivity index (χ4n) is 3.97. The maximum absolute atomic E-state index is 13.4. The summed E-state index contributed by atoms with van der Waals surface area (Å²) in [6.45, 7) is 0.616. The van der Waals surface area contributed by atoms with Gasteiger partial charge in [0.15, 0.2) is 17.3 Å². The normalized spacial score (nSPS) is 12.0. The van der Waals surface area contributed by atoms with Crippen LogP contribution in [0.4, 0.5) is 0 Å². The quantitative estimate of drug-likeness (QED) is 0.483. The summed E-state index contributed by atoms with van der Waals surface area (Å²) in [7, 11) is 8.69. The molecule has 0 fully saturated rings. The zero-order chi connectivity index (χ0) is 21.4. The molecule has 3 aromatic rings. The Morgan fingerprint density at radius 1 is 0.867 bits per heavy atom. The first kappa shape index (κ1) is 19.9. The van der Waals surface area contributed by atoms with Crippen LogP contribution >= 0.6 is 0 Å². The van der Waals surface area contributed by atoms with Crippen molar-refractivity contribution in [2.24, 2.45) is 0 Å². The Morgan fingerprint density at radius 2 is 1.50 bits per heavy atom. The molecule has 0 spiro atoms. The summed E-state index contributed by atoms with van der Waals surface area (Å²) >= 11 is 0. The maximum Gasteiger partial charge on any atom is 0.225 e. The molecule has 4 rings (SSSR count). The molecule has 0 amide bonds. The Bertz CT molecular complexity index is 1120. The van der Waals surface area contributed by atoms with Crippen LogP contribution < -0.4 is 14.2 Å². The van der Waals surface area contributed by atoms with Crippen molar-refractivity contribution in [3.63, 3.8) is 0 Å². The summed E-state index contributed by atoms with van der Waals surface area (Å²) in [5.74, 6) is 1.29. The minimum Gasteiger partial charge on any atom is -0.493 e. The van der Waals surface area contributed by atoms with Crippen molar-refractivity contribution in [1.29, 1.82) is 0 Å². The number of methoxy groups -OCH3 is 3. The van der Waals surface area contributed by atoms with E-state index < -0.39 is 0 Å². The summed E-state index contributed by atoms with van der Waals surface area (Å²) < 4.78 is 16.5. The molecule has 0 N–H and O–H groups in total. The van der Waals surface area contributed by atoms with Crippen LogP contribution in [-0.4, -0.2) is 51.1 Å². The van der Waals surface area contributed by atoms with Crippen LogP contribution in [0.2, 0.25) is 0 Å². The highest BCUT2D eigenvalue weighted by Gasteiger charge is 2.36. The van der Waals surface area contributed by atoms with E-state index >= 15 is 0 Å². The van der Waals surface area contributed by atoms with E-state index in [2.05, 4.69) is 4.90 Å². The number of aromatic nitrogens is 1. The molecular weight excluding hydrogens is 380 g/mol. The summed E-state index contributed by atoms with van der Waals surface area (Å²) in [5.41, 5.74) is 5.44. The van der Waals surface area contributed by atoms with Crippen molar-refractivity contribution < 1.29 is 19.0 Å². The largest absolute Gasteiger partial charge is 0.493 e. The van der Waals surface area contributed by atoms with Crippen molar-refractivity contribution in [1.82, 2.24) is 9.88 Å². The van der Waals surface area contributed by atoms with Crippen LogP contribution in [0.15, 0.2) is 42.5 Å². The average Bonchev–Trinajstić information content (AvgIpc) is 3.05. The highest BCUT2D eigenvalue weighted by molar-refractivity contribution is 6.24. The molecule has 0 saturated heterocycles. The molecule has 6 nitrogen and oxygen atoms in total. The van der Waals surface area contributed by atoms with E-state index in [0.717, 1.165) is 27.9 Å². The fraction of sp³-hybridized carbons (Fsp3) is 0.250. The van der Waals surface area contributed by atoms with Crippen LogP contribution in [0.5, 0.6) is 17.4 Å². The van der Waals surface area contributed by atoms with Crippen molar-refractivity contribution >= 4 is 5.78 Å². The Labute approximate surface area is 176 Å². The molecule has 1 aliphatic carbocycles. The summed E-state index contributed by atoms with van der Waals surface area (Å²) in [5, 5.41) is 0. The smallest absolute Gasteiger partial charge is 0.225 e. The van der Waals surface area contributed by atoms with Crippen LogP contribution in [-0.2, 0) is 6.54 Å². The van der Waals surface area contributed by atoms with Gasteiger partial charge in [-0.25, -0.2) is 4.98 Å². The first-order chi connectivity index (χ1) is 14.5. The van der Waals surface area contributed by atoms with Crippen LogP contribution in [0.3, 0.4) is 0 Å². The number of hydrogen-bond donors (Lipinski definition) is 0. The topological polar surface area (TPSA) is 60.9 Å². The zero-order valence-electron chi connectivity index (χ0n) is 17.8. The molecular formula is C24H24N2O4. The van der Waals surface area contributed by atoms with Gasteiger partial charge in [-0.2, -0.15) is 0 Å². The number of ketones is 1. The molecule has 30 heavy (non-hydrogen) atoms. The van der Waals surface area contributed by atoms with Gasteiger partial charge < -0.3 is 19.1 Å². The summed E-state index contributed by atoms with van der Waals surface area (Å²) in [4.78, 5) is 20.2. The molecule has 1 aliphatic rings. The second-order valence-corrected chi connectivity index (χ2v) is 7.38. The number of rotatable bonds is 6. The Kier molecular flexibility index (Phi) is 5.18. The maximum atomic E-state index is 13.4. The number of benzene rings is 2. The highest BCUT2D eigenvalue weighted by Crippen LogP contribution is 2.48. The van der Waals surface area contributed by atoms with Gasteiger partial charge in [0.1, 0.15) is 0 Å². The molecule has 1 aromatic heterocycles. The lowest BCUT2D eigenvalue weighted by molar-refractivity contribution is 0.103. The third-order valence-corrected chi connectivity index (χ3v) is 5.24. The fourth-order valence-corrected chi connectivity index (χ4v) is 3.97.